The van der Waals surface area contributed by atoms with Crippen molar-refractivity contribution in [2.24, 2.45) is 0 Å². The van der Waals surface area contributed by atoms with Crippen molar-refractivity contribution in [3.63, 3.8) is 0 Å². The van der Waals surface area contributed by atoms with E-state index in [1.807, 2.05) is 6.92 Å². The Morgan fingerprint density at radius 1 is 1.20 bits per heavy atom. The van der Waals surface area contributed by atoms with Crippen LogP contribution in [0.25, 0.3) is 0 Å². The fourth-order valence-electron chi connectivity index (χ4n) is 3.22. The van der Waals surface area contributed by atoms with Gasteiger partial charge in [-0.1, -0.05) is 6.07 Å². The van der Waals surface area contributed by atoms with Crippen LogP contribution in [-0.4, -0.2) is 28.9 Å². The minimum Gasteiger partial charge on any atom is -0.337 e. The Morgan fingerprint density at radius 2 is 1.96 bits per heavy atom. The van der Waals surface area contributed by atoms with E-state index in [0.717, 1.165) is 18.3 Å². The highest BCUT2D eigenvalue weighted by molar-refractivity contribution is 5.80. The van der Waals surface area contributed by atoms with E-state index in [0.29, 0.717) is 11.3 Å². The first-order valence-electron chi connectivity index (χ1n) is 7.95. The molecule has 2 heterocycles. The number of benzene rings is 1. The van der Waals surface area contributed by atoms with Crippen LogP contribution in [0.15, 0.2) is 36.5 Å². The van der Waals surface area contributed by atoms with Gasteiger partial charge in [-0.3, -0.25) is 9.78 Å². The van der Waals surface area contributed by atoms with E-state index >= 15 is 0 Å². The van der Waals surface area contributed by atoms with Gasteiger partial charge in [0.2, 0.25) is 5.91 Å². The number of nitrogens with one attached hydrogen (secondary N) is 1. The molecule has 4 nitrogen and oxygen atoms in total. The Morgan fingerprint density at radius 3 is 2.60 bits per heavy atom. The lowest BCUT2D eigenvalue weighted by atomic mass is 9.98. The molecule has 1 amide bonds. The number of likely N-dealkylation sites (tertiary alicyclic amines) is 1. The summed E-state index contributed by atoms with van der Waals surface area (Å²) in [4.78, 5) is 17.7. The monoisotopic (exact) mass is 349 g/mol. The summed E-state index contributed by atoms with van der Waals surface area (Å²) in [6.45, 7) is 1.85. The number of halogens is 3. The van der Waals surface area contributed by atoms with Gasteiger partial charge < -0.3 is 10.2 Å². The summed E-state index contributed by atoms with van der Waals surface area (Å²) in [5.41, 5.74) is 1.15. The standard InChI is InChI=1S/C18H18F3N3O/c1-10(15-6-4-12(19)9-22-15)23-16-8-17(25)24(2)18(16)11-3-5-13(20)14(21)7-11/h3-7,9-10,16,18,23H,8H2,1-2H3/t10-,16-,18-/m0/s1. The number of amides is 1. The van der Waals surface area contributed by atoms with E-state index in [1.54, 1.807) is 13.1 Å². The third kappa shape index (κ3) is 3.51. The second-order valence-electron chi connectivity index (χ2n) is 6.22. The minimum absolute atomic E-state index is 0.0912. The molecule has 1 aliphatic rings. The average Bonchev–Trinajstić information content (AvgIpc) is 2.85. The molecule has 1 aromatic heterocycles. The summed E-state index contributed by atoms with van der Waals surface area (Å²) in [6, 6.07) is 5.58. The first kappa shape index (κ1) is 17.4. The molecule has 1 saturated heterocycles. The van der Waals surface area contributed by atoms with Crippen LogP contribution in [0.1, 0.15) is 36.7 Å². The van der Waals surface area contributed by atoms with Crippen molar-refractivity contribution in [2.75, 3.05) is 7.05 Å². The molecule has 25 heavy (non-hydrogen) atoms. The number of aromatic nitrogens is 1. The normalized spacial score (nSPS) is 21.6. The van der Waals surface area contributed by atoms with Crippen molar-refractivity contribution in [2.45, 2.75) is 31.5 Å². The molecule has 1 N–H and O–H groups in total. The fraction of sp³-hybridized carbons (Fsp3) is 0.333. The van der Waals surface area contributed by atoms with Crippen LogP contribution in [0.2, 0.25) is 0 Å². The maximum absolute atomic E-state index is 13.6. The van der Waals surface area contributed by atoms with E-state index in [-0.39, 0.29) is 24.4 Å². The van der Waals surface area contributed by atoms with E-state index < -0.39 is 23.5 Å². The lowest BCUT2D eigenvalue weighted by Crippen LogP contribution is -2.37. The van der Waals surface area contributed by atoms with Crippen LogP contribution < -0.4 is 5.32 Å². The number of hydrogen-bond acceptors (Lipinski definition) is 3. The molecule has 132 valence electrons. The first-order chi connectivity index (χ1) is 11.9. The van der Waals surface area contributed by atoms with Crippen LogP contribution in [0.3, 0.4) is 0 Å². The van der Waals surface area contributed by atoms with Crippen molar-refractivity contribution >= 4 is 5.91 Å². The molecule has 0 radical (unpaired) electrons. The molecular formula is C18H18F3N3O. The quantitative estimate of drug-likeness (QED) is 0.922. The number of likely N-dealkylation sites (N-methyl/N-ethyl adjacent to an activating group) is 1. The van der Waals surface area contributed by atoms with Gasteiger partial charge >= 0.3 is 0 Å². The van der Waals surface area contributed by atoms with Gasteiger partial charge in [-0.25, -0.2) is 13.2 Å². The number of hydrogen-bond donors (Lipinski definition) is 1. The van der Waals surface area contributed by atoms with E-state index in [4.69, 9.17) is 0 Å². The van der Waals surface area contributed by atoms with Crippen LogP contribution in [0, 0.1) is 17.5 Å². The second kappa shape index (κ2) is 6.84. The molecule has 1 fully saturated rings. The van der Waals surface area contributed by atoms with Gasteiger partial charge in [0.05, 0.1) is 17.9 Å². The third-order valence-electron chi connectivity index (χ3n) is 4.53. The lowest BCUT2D eigenvalue weighted by Gasteiger charge is -2.28. The fourth-order valence-corrected chi connectivity index (χ4v) is 3.22. The lowest BCUT2D eigenvalue weighted by molar-refractivity contribution is -0.127. The van der Waals surface area contributed by atoms with Gasteiger partial charge in [0, 0.05) is 25.6 Å². The summed E-state index contributed by atoms with van der Waals surface area (Å²) < 4.78 is 39.8. The molecule has 1 aliphatic heterocycles. The maximum atomic E-state index is 13.6. The third-order valence-corrected chi connectivity index (χ3v) is 4.53. The van der Waals surface area contributed by atoms with Crippen molar-refractivity contribution in [3.8, 4) is 0 Å². The topological polar surface area (TPSA) is 45.2 Å². The van der Waals surface area contributed by atoms with E-state index in [9.17, 15) is 18.0 Å². The van der Waals surface area contributed by atoms with Crippen LogP contribution >= 0.6 is 0 Å². The van der Waals surface area contributed by atoms with Gasteiger partial charge in [0.25, 0.3) is 0 Å². The number of pyridine rings is 1. The van der Waals surface area contributed by atoms with Crippen molar-refractivity contribution in [3.05, 3.63) is 65.2 Å². The highest BCUT2D eigenvalue weighted by Gasteiger charge is 2.39. The zero-order valence-corrected chi connectivity index (χ0v) is 13.8. The number of carbonyl (C=O) groups excluding carboxylic acids is 1. The Bertz CT molecular complexity index is 782. The van der Waals surface area contributed by atoms with Crippen molar-refractivity contribution in [1.82, 2.24) is 15.2 Å². The smallest absolute Gasteiger partial charge is 0.224 e. The molecule has 0 spiro atoms. The second-order valence-corrected chi connectivity index (χ2v) is 6.22. The van der Waals surface area contributed by atoms with Gasteiger partial charge in [0.1, 0.15) is 5.82 Å². The predicted molar refractivity (Wildman–Crippen MR) is 86.0 cm³/mol. The summed E-state index contributed by atoms with van der Waals surface area (Å²) in [7, 11) is 1.64. The number of nitrogens with zero attached hydrogens (tertiary/aromatic N) is 2. The van der Waals surface area contributed by atoms with Gasteiger partial charge in [-0.15, -0.1) is 0 Å². The Labute approximate surface area is 143 Å². The van der Waals surface area contributed by atoms with Gasteiger partial charge in [0.15, 0.2) is 11.6 Å². The summed E-state index contributed by atoms with van der Waals surface area (Å²) in [6.07, 6.45) is 1.36. The minimum atomic E-state index is -0.947. The molecule has 3 rings (SSSR count). The largest absolute Gasteiger partial charge is 0.337 e. The molecule has 2 aromatic rings. The summed E-state index contributed by atoms with van der Waals surface area (Å²) in [5.74, 6) is -2.39. The molecular weight excluding hydrogens is 331 g/mol. The van der Waals surface area contributed by atoms with Gasteiger partial charge in [-0.2, -0.15) is 0 Å². The van der Waals surface area contributed by atoms with Crippen LogP contribution in [0.4, 0.5) is 13.2 Å². The highest BCUT2D eigenvalue weighted by Crippen LogP contribution is 2.33. The molecule has 0 bridgehead atoms. The molecule has 0 unspecified atom stereocenters. The molecule has 3 atom stereocenters. The number of carbonyl (C=O) groups is 1. The Hall–Kier alpha value is -2.41. The van der Waals surface area contributed by atoms with Crippen LogP contribution in [0.5, 0.6) is 0 Å². The molecule has 0 saturated carbocycles. The zero-order valence-electron chi connectivity index (χ0n) is 13.8. The van der Waals surface area contributed by atoms with Crippen LogP contribution in [-0.2, 0) is 4.79 Å². The Kier molecular flexibility index (Phi) is 4.76. The average molecular weight is 349 g/mol. The van der Waals surface area contributed by atoms with E-state index in [2.05, 4.69) is 10.3 Å². The predicted octanol–water partition coefficient (Wildman–Crippen LogP) is 3.12. The van der Waals surface area contributed by atoms with Crippen molar-refractivity contribution in [1.29, 1.82) is 0 Å². The summed E-state index contributed by atoms with van der Waals surface area (Å²) in [5, 5.41) is 3.29. The molecule has 0 aliphatic carbocycles. The molecule has 1 aromatic carbocycles. The molecule has 7 heteroatoms. The Balaban J connectivity index is 1.84. The van der Waals surface area contributed by atoms with Gasteiger partial charge in [-0.05, 0) is 36.8 Å². The zero-order chi connectivity index (χ0) is 18.1. The highest BCUT2D eigenvalue weighted by atomic mass is 19.2. The van der Waals surface area contributed by atoms with Crippen molar-refractivity contribution < 1.29 is 18.0 Å². The van der Waals surface area contributed by atoms with E-state index in [1.165, 1.54) is 17.0 Å². The number of rotatable bonds is 4. The SMILES string of the molecule is C[C@H](N[C@H]1CC(=O)N(C)[C@H]1c1ccc(F)c(F)c1)c1ccc(F)cn1. The first-order valence-corrected chi connectivity index (χ1v) is 7.95. The summed E-state index contributed by atoms with van der Waals surface area (Å²) >= 11 is 0. The maximum Gasteiger partial charge on any atom is 0.224 e.